The molecule has 166 valence electrons. The van der Waals surface area contributed by atoms with Gasteiger partial charge in [0, 0.05) is 5.69 Å². The summed E-state index contributed by atoms with van der Waals surface area (Å²) in [5.74, 6) is 1.17. The van der Waals surface area contributed by atoms with E-state index in [2.05, 4.69) is 20.3 Å². The Bertz CT molecular complexity index is 1230. The third kappa shape index (κ3) is 6.73. The molecule has 3 aromatic rings. The first-order valence-electron chi connectivity index (χ1n) is 9.93. The van der Waals surface area contributed by atoms with Crippen LogP contribution in [0.15, 0.2) is 78.8 Å². The molecule has 8 nitrogen and oxygen atoms in total. The first-order valence-corrected chi connectivity index (χ1v) is 11.6. The second-order valence-electron chi connectivity index (χ2n) is 6.89. The SMILES string of the molecule is CC=C(OCc1ccccc1)C(=CC)c1ncnc(Nc2cccc(CS(N)(=O)=O)c2)n1. The number of nitrogens with zero attached hydrogens (tertiary/aromatic N) is 3. The predicted octanol–water partition coefficient (Wildman–Crippen LogP) is 3.93. The molecule has 0 atom stereocenters. The summed E-state index contributed by atoms with van der Waals surface area (Å²) in [6, 6.07) is 16.8. The van der Waals surface area contributed by atoms with Crippen LogP contribution in [0.3, 0.4) is 0 Å². The van der Waals surface area contributed by atoms with Crippen molar-refractivity contribution in [3.8, 4) is 0 Å². The zero-order valence-electron chi connectivity index (χ0n) is 17.9. The zero-order chi connectivity index (χ0) is 23.0. The normalized spacial score (nSPS) is 12.5. The number of primary sulfonamides is 1. The smallest absolute Gasteiger partial charge is 0.230 e. The molecular weight excluding hydrogens is 426 g/mol. The van der Waals surface area contributed by atoms with E-state index in [0.717, 1.165) is 11.1 Å². The first kappa shape index (κ1) is 23.1. The van der Waals surface area contributed by atoms with Crippen LogP contribution in [0, 0.1) is 0 Å². The van der Waals surface area contributed by atoms with Gasteiger partial charge in [0.25, 0.3) is 0 Å². The lowest BCUT2D eigenvalue weighted by Crippen LogP contribution is -2.14. The van der Waals surface area contributed by atoms with Crippen LogP contribution in [0.2, 0.25) is 0 Å². The molecule has 0 bridgehead atoms. The number of benzene rings is 2. The van der Waals surface area contributed by atoms with Crippen LogP contribution < -0.4 is 10.5 Å². The Kier molecular flexibility index (Phi) is 7.69. The van der Waals surface area contributed by atoms with Gasteiger partial charge < -0.3 is 10.1 Å². The third-order valence-electron chi connectivity index (χ3n) is 4.42. The van der Waals surface area contributed by atoms with Crippen molar-refractivity contribution in [2.24, 2.45) is 5.14 Å². The fraction of sp³-hybridized carbons (Fsp3) is 0.174. The Morgan fingerprint density at radius 1 is 1.03 bits per heavy atom. The van der Waals surface area contributed by atoms with E-state index in [1.807, 2.05) is 56.3 Å². The highest BCUT2D eigenvalue weighted by Gasteiger charge is 2.13. The van der Waals surface area contributed by atoms with Crippen LogP contribution in [-0.4, -0.2) is 23.4 Å². The molecule has 3 rings (SSSR count). The van der Waals surface area contributed by atoms with E-state index >= 15 is 0 Å². The minimum absolute atomic E-state index is 0.253. The molecule has 0 aliphatic rings. The predicted molar refractivity (Wildman–Crippen MR) is 125 cm³/mol. The number of sulfonamides is 1. The summed E-state index contributed by atoms with van der Waals surface area (Å²) in [5, 5.41) is 8.22. The average molecular weight is 452 g/mol. The van der Waals surface area contributed by atoms with Crippen molar-refractivity contribution in [2.75, 3.05) is 5.32 Å². The average Bonchev–Trinajstić information content (AvgIpc) is 2.76. The maximum absolute atomic E-state index is 11.4. The number of hydrogen-bond donors (Lipinski definition) is 2. The standard InChI is InChI=1S/C23H25N5O3S/c1-3-20(21(4-2)31-14-17-9-6-5-7-10-17)22-25-16-26-23(28-22)27-19-12-8-11-18(13-19)15-32(24,29)30/h3-13,16H,14-15H2,1-2H3,(H2,24,29,30)(H,25,26,27,28). The number of aromatic nitrogens is 3. The molecule has 0 spiro atoms. The number of ether oxygens (including phenoxy) is 1. The summed E-state index contributed by atoms with van der Waals surface area (Å²) in [4.78, 5) is 13.0. The van der Waals surface area contributed by atoms with Crippen molar-refractivity contribution in [1.29, 1.82) is 0 Å². The van der Waals surface area contributed by atoms with E-state index < -0.39 is 10.0 Å². The maximum Gasteiger partial charge on any atom is 0.230 e. The largest absolute Gasteiger partial charge is 0.489 e. The van der Waals surface area contributed by atoms with Gasteiger partial charge in [-0.2, -0.15) is 4.98 Å². The fourth-order valence-electron chi connectivity index (χ4n) is 3.02. The molecule has 3 N–H and O–H groups in total. The van der Waals surface area contributed by atoms with Crippen molar-refractivity contribution >= 4 is 27.2 Å². The van der Waals surface area contributed by atoms with Gasteiger partial charge in [-0.3, -0.25) is 0 Å². The van der Waals surface area contributed by atoms with E-state index in [1.54, 1.807) is 24.3 Å². The lowest BCUT2D eigenvalue weighted by atomic mass is 10.2. The Hall–Kier alpha value is -3.56. The van der Waals surface area contributed by atoms with Gasteiger partial charge in [-0.15, -0.1) is 0 Å². The summed E-state index contributed by atoms with van der Waals surface area (Å²) in [7, 11) is -3.62. The minimum Gasteiger partial charge on any atom is -0.489 e. The van der Waals surface area contributed by atoms with Gasteiger partial charge in [0.15, 0.2) is 5.82 Å². The van der Waals surface area contributed by atoms with Gasteiger partial charge in [-0.05, 0) is 43.2 Å². The van der Waals surface area contributed by atoms with Crippen LogP contribution >= 0.6 is 0 Å². The van der Waals surface area contributed by atoms with E-state index in [4.69, 9.17) is 9.88 Å². The molecule has 2 aromatic carbocycles. The highest BCUT2D eigenvalue weighted by molar-refractivity contribution is 7.88. The summed E-state index contributed by atoms with van der Waals surface area (Å²) in [6.07, 6.45) is 5.16. The van der Waals surface area contributed by atoms with Crippen LogP contribution in [0.4, 0.5) is 11.6 Å². The van der Waals surface area contributed by atoms with Crippen molar-refractivity contribution in [3.05, 3.63) is 95.8 Å². The molecule has 0 aliphatic heterocycles. The molecule has 0 fully saturated rings. The molecular formula is C23H25N5O3S. The second kappa shape index (κ2) is 10.7. The summed E-state index contributed by atoms with van der Waals surface area (Å²) in [6.45, 7) is 4.20. The van der Waals surface area contributed by atoms with E-state index in [1.165, 1.54) is 6.33 Å². The van der Waals surface area contributed by atoms with Crippen molar-refractivity contribution < 1.29 is 13.2 Å². The Morgan fingerprint density at radius 2 is 1.78 bits per heavy atom. The number of rotatable bonds is 9. The third-order valence-corrected chi connectivity index (χ3v) is 5.15. The Labute approximate surface area is 188 Å². The molecule has 0 saturated heterocycles. The van der Waals surface area contributed by atoms with E-state index in [-0.39, 0.29) is 5.75 Å². The van der Waals surface area contributed by atoms with Gasteiger partial charge in [0.2, 0.25) is 16.0 Å². The molecule has 0 saturated carbocycles. The summed E-state index contributed by atoms with van der Waals surface area (Å²) >= 11 is 0. The summed E-state index contributed by atoms with van der Waals surface area (Å²) in [5.41, 5.74) is 2.99. The van der Waals surface area contributed by atoms with E-state index in [0.29, 0.717) is 35.4 Å². The summed E-state index contributed by atoms with van der Waals surface area (Å²) < 4.78 is 28.7. The van der Waals surface area contributed by atoms with Gasteiger partial charge >= 0.3 is 0 Å². The topological polar surface area (TPSA) is 120 Å². The number of hydrogen-bond acceptors (Lipinski definition) is 7. The highest BCUT2D eigenvalue weighted by Crippen LogP contribution is 2.23. The van der Waals surface area contributed by atoms with Crippen LogP contribution in [-0.2, 0) is 27.1 Å². The van der Waals surface area contributed by atoms with E-state index in [9.17, 15) is 8.42 Å². The molecule has 32 heavy (non-hydrogen) atoms. The second-order valence-corrected chi connectivity index (χ2v) is 8.51. The van der Waals surface area contributed by atoms with Crippen LogP contribution in [0.1, 0.15) is 30.8 Å². The lowest BCUT2D eigenvalue weighted by molar-refractivity contribution is 0.213. The molecule has 0 radical (unpaired) electrons. The number of nitrogens with two attached hydrogens (primary N) is 1. The Balaban J connectivity index is 1.77. The van der Waals surface area contributed by atoms with Crippen molar-refractivity contribution in [3.63, 3.8) is 0 Å². The van der Waals surface area contributed by atoms with Gasteiger partial charge in [-0.25, -0.2) is 23.5 Å². The van der Waals surface area contributed by atoms with Gasteiger partial charge in [0.05, 0.1) is 11.3 Å². The molecule has 9 heteroatoms. The molecule has 0 amide bonds. The maximum atomic E-state index is 11.4. The first-order chi connectivity index (χ1) is 15.4. The highest BCUT2D eigenvalue weighted by atomic mass is 32.2. The molecule has 1 aromatic heterocycles. The van der Waals surface area contributed by atoms with Crippen molar-refractivity contribution in [2.45, 2.75) is 26.2 Å². The molecule has 0 unspecified atom stereocenters. The number of anilines is 2. The molecule has 1 heterocycles. The molecule has 0 aliphatic carbocycles. The Morgan fingerprint density at radius 3 is 2.47 bits per heavy atom. The van der Waals surface area contributed by atoms with Gasteiger partial charge in [-0.1, -0.05) is 48.5 Å². The lowest BCUT2D eigenvalue weighted by Gasteiger charge is -2.14. The van der Waals surface area contributed by atoms with Gasteiger partial charge in [0.1, 0.15) is 18.7 Å². The zero-order valence-corrected chi connectivity index (χ0v) is 18.7. The number of nitrogens with one attached hydrogen (secondary N) is 1. The van der Waals surface area contributed by atoms with Crippen LogP contribution in [0.25, 0.3) is 5.57 Å². The van der Waals surface area contributed by atoms with Crippen molar-refractivity contribution in [1.82, 2.24) is 15.0 Å². The quantitative estimate of drug-likeness (QED) is 0.373. The minimum atomic E-state index is -3.62. The monoisotopic (exact) mass is 451 g/mol. The van der Waals surface area contributed by atoms with Crippen LogP contribution in [0.5, 0.6) is 0 Å². The fourth-order valence-corrected chi connectivity index (χ4v) is 3.66. The number of allylic oxidation sites excluding steroid dienone is 3.